The van der Waals surface area contributed by atoms with Crippen LogP contribution >= 0.6 is 23.2 Å². The fourth-order valence-electron chi connectivity index (χ4n) is 2.01. The molecule has 20 heavy (non-hydrogen) atoms. The first-order chi connectivity index (χ1) is 9.56. The molecule has 0 saturated carbocycles. The molecule has 0 radical (unpaired) electrons. The number of fused-ring (bicyclic) bond motifs is 1. The van der Waals surface area contributed by atoms with Crippen LogP contribution < -0.4 is 5.32 Å². The average Bonchev–Trinajstić information content (AvgIpc) is 2.70. The Bertz CT molecular complexity index is 759. The molecule has 1 aliphatic rings. The number of hydrogen-bond acceptors (Lipinski definition) is 2. The molecule has 0 saturated heterocycles. The van der Waals surface area contributed by atoms with E-state index in [0.717, 1.165) is 0 Å². The number of pyridine rings is 1. The molecule has 0 atom stereocenters. The maximum absolute atomic E-state index is 13.8. The smallest absolute Gasteiger partial charge is 0.256 e. The summed E-state index contributed by atoms with van der Waals surface area (Å²) in [6, 6.07) is 6.48. The highest BCUT2D eigenvalue weighted by Crippen LogP contribution is 2.35. The zero-order valence-corrected chi connectivity index (χ0v) is 11.5. The first kappa shape index (κ1) is 13.1. The van der Waals surface area contributed by atoms with Crippen LogP contribution in [0.1, 0.15) is 11.1 Å². The lowest BCUT2D eigenvalue weighted by Crippen LogP contribution is -2.03. The van der Waals surface area contributed by atoms with E-state index in [1.165, 1.54) is 18.3 Å². The summed E-state index contributed by atoms with van der Waals surface area (Å²) in [4.78, 5) is 15.6. The topological polar surface area (TPSA) is 42.0 Å². The number of halogens is 3. The molecule has 1 aromatic carbocycles. The minimum atomic E-state index is -0.656. The third-order valence-corrected chi connectivity index (χ3v) is 3.44. The van der Waals surface area contributed by atoms with E-state index in [1.807, 2.05) is 0 Å². The van der Waals surface area contributed by atoms with Gasteiger partial charge in [0.05, 0.1) is 5.69 Å². The quantitative estimate of drug-likeness (QED) is 0.638. The fraction of sp³-hybridized carbons (Fsp3) is 0. The molecule has 100 valence electrons. The van der Waals surface area contributed by atoms with Crippen LogP contribution in [0.4, 0.5) is 10.1 Å². The van der Waals surface area contributed by atoms with Crippen molar-refractivity contribution < 1.29 is 9.18 Å². The van der Waals surface area contributed by atoms with Gasteiger partial charge in [-0.1, -0.05) is 29.3 Å². The van der Waals surface area contributed by atoms with Crippen LogP contribution in [0.15, 0.2) is 30.5 Å². The summed E-state index contributed by atoms with van der Waals surface area (Å²) in [6.45, 7) is 0. The second kappa shape index (κ2) is 4.89. The molecule has 0 fully saturated rings. The van der Waals surface area contributed by atoms with Gasteiger partial charge in [0, 0.05) is 27.9 Å². The van der Waals surface area contributed by atoms with Crippen molar-refractivity contribution in [3.63, 3.8) is 0 Å². The molecule has 2 heterocycles. The predicted octanol–water partition coefficient (Wildman–Crippen LogP) is 4.02. The third kappa shape index (κ3) is 2.17. The molecule has 0 unspecified atom stereocenters. The van der Waals surface area contributed by atoms with Crippen LogP contribution in [0.3, 0.4) is 0 Å². The second-order valence-corrected chi connectivity index (χ2v) is 5.00. The number of amides is 1. The van der Waals surface area contributed by atoms with Crippen molar-refractivity contribution in [3.05, 3.63) is 57.6 Å². The SMILES string of the molecule is O=C1Nc2cc(Cl)ccc2/C1=C/c1ccnc(Cl)c1F. The Labute approximate surface area is 124 Å². The van der Waals surface area contributed by atoms with Gasteiger partial charge < -0.3 is 5.32 Å². The van der Waals surface area contributed by atoms with Gasteiger partial charge in [-0.3, -0.25) is 4.79 Å². The highest BCUT2D eigenvalue weighted by Gasteiger charge is 2.24. The molecule has 3 nitrogen and oxygen atoms in total. The standard InChI is InChI=1S/C14H7Cl2FN2O/c15-8-1-2-9-10(14(20)19-11(9)6-8)5-7-3-4-18-13(16)12(7)17/h1-6H,(H,19,20)/b10-5-. The van der Waals surface area contributed by atoms with Crippen molar-refractivity contribution in [3.8, 4) is 0 Å². The van der Waals surface area contributed by atoms with Crippen molar-refractivity contribution in [2.24, 2.45) is 0 Å². The summed E-state index contributed by atoms with van der Waals surface area (Å²) in [5.74, 6) is -0.966. The van der Waals surface area contributed by atoms with Gasteiger partial charge in [0.25, 0.3) is 5.91 Å². The van der Waals surface area contributed by atoms with E-state index < -0.39 is 5.82 Å². The molecular formula is C14H7Cl2FN2O. The highest BCUT2D eigenvalue weighted by molar-refractivity contribution is 6.36. The average molecular weight is 309 g/mol. The molecule has 2 aromatic rings. The molecule has 1 aliphatic heterocycles. The van der Waals surface area contributed by atoms with E-state index in [2.05, 4.69) is 10.3 Å². The second-order valence-electron chi connectivity index (χ2n) is 4.21. The lowest BCUT2D eigenvalue weighted by molar-refractivity contribution is -0.110. The van der Waals surface area contributed by atoms with E-state index in [1.54, 1.807) is 18.2 Å². The largest absolute Gasteiger partial charge is 0.321 e. The number of nitrogens with one attached hydrogen (secondary N) is 1. The number of hydrogen-bond donors (Lipinski definition) is 1. The van der Waals surface area contributed by atoms with Gasteiger partial charge in [-0.2, -0.15) is 0 Å². The Morgan fingerprint density at radius 1 is 1.25 bits per heavy atom. The lowest BCUT2D eigenvalue weighted by atomic mass is 10.0. The summed E-state index contributed by atoms with van der Waals surface area (Å²) >= 11 is 11.5. The van der Waals surface area contributed by atoms with Crippen molar-refractivity contribution in [2.75, 3.05) is 5.32 Å². The summed E-state index contributed by atoms with van der Waals surface area (Å²) in [7, 11) is 0. The van der Waals surface area contributed by atoms with Crippen molar-refractivity contribution in [1.82, 2.24) is 4.98 Å². The van der Waals surface area contributed by atoms with Crippen molar-refractivity contribution in [1.29, 1.82) is 0 Å². The molecule has 1 aromatic heterocycles. The van der Waals surface area contributed by atoms with Gasteiger partial charge in [0.1, 0.15) is 0 Å². The Hall–Kier alpha value is -1.91. The number of rotatable bonds is 1. The number of nitrogens with zero attached hydrogens (tertiary/aromatic N) is 1. The summed E-state index contributed by atoms with van der Waals surface area (Å²) in [5.41, 5.74) is 1.84. The maximum Gasteiger partial charge on any atom is 0.256 e. The van der Waals surface area contributed by atoms with Gasteiger partial charge >= 0.3 is 0 Å². The van der Waals surface area contributed by atoms with Crippen molar-refractivity contribution >= 4 is 46.4 Å². The minimum absolute atomic E-state index is 0.206. The maximum atomic E-state index is 13.8. The Kier molecular flexibility index (Phi) is 3.20. The van der Waals surface area contributed by atoms with Gasteiger partial charge in [-0.15, -0.1) is 0 Å². The van der Waals surface area contributed by atoms with Crippen LogP contribution in [0, 0.1) is 5.82 Å². The summed E-state index contributed by atoms with van der Waals surface area (Å²) in [6.07, 6.45) is 2.82. The van der Waals surface area contributed by atoms with Gasteiger partial charge in [-0.05, 0) is 24.3 Å². The van der Waals surface area contributed by atoms with Gasteiger partial charge in [0.15, 0.2) is 11.0 Å². The van der Waals surface area contributed by atoms with E-state index >= 15 is 0 Å². The zero-order valence-electron chi connectivity index (χ0n) is 9.95. The van der Waals surface area contributed by atoms with E-state index in [4.69, 9.17) is 23.2 Å². The zero-order chi connectivity index (χ0) is 14.3. The predicted molar refractivity (Wildman–Crippen MR) is 77.2 cm³/mol. The Morgan fingerprint density at radius 2 is 2.05 bits per heavy atom. The number of carbonyl (C=O) groups excluding carboxylic acids is 1. The van der Waals surface area contributed by atoms with Crippen LogP contribution in [-0.4, -0.2) is 10.9 Å². The monoisotopic (exact) mass is 308 g/mol. The Balaban J connectivity index is 2.14. The molecule has 6 heteroatoms. The van der Waals surface area contributed by atoms with E-state index in [-0.39, 0.29) is 16.6 Å². The molecular weight excluding hydrogens is 302 g/mol. The first-order valence-corrected chi connectivity index (χ1v) is 6.45. The summed E-state index contributed by atoms with van der Waals surface area (Å²) < 4.78 is 13.8. The van der Waals surface area contributed by atoms with Crippen LogP contribution in [0.2, 0.25) is 10.2 Å². The van der Waals surface area contributed by atoms with E-state index in [0.29, 0.717) is 21.8 Å². The van der Waals surface area contributed by atoms with Crippen LogP contribution in [0.25, 0.3) is 11.6 Å². The molecule has 0 bridgehead atoms. The van der Waals surface area contributed by atoms with Gasteiger partial charge in [-0.25, -0.2) is 9.37 Å². The molecule has 3 rings (SSSR count). The summed E-state index contributed by atoms with van der Waals surface area (Å²) in [5, 5.41) is 2.97. The first-order valence-electron chi connectivity index (χ1n) is 5.69. The number of aromatic nitrogens is 1. The molecule has 1 N–H and O–H groups in total. The molecule has 0 aliphatic carbocycles. The highest BCUT2D eigenvalue weighted by atomic mass is 35.5. The minimum Gasteiger partial charge on any atom is -0.321 e. The normalized spacial score (nSPS) is 15.3. The molecule has 1 amide bonds. The van der Waals surface area contributed by atoms with Crippen LogP contribution in [-0.2, 0) is 4.79 Å². The molecule has 0 spiro atoms. The fourth-order valence-corrected chi connectivity index (χ4v) is 2.35. The Morgan fingerprint density at radius 3 is 2.85 bits per heavy atom. The third-order valence-electron chi connectivity index (χ3n) is 2.94. The van der Waals surface area contributed by atoms with E-state index in [9.17, 15) is 9.18 Å². The number of benzene rings is 1. The van der Waals surface area contributed by atoms with Crippen molar-refractivity contribution in [2.45, 2.75) is 0 Å². The number of carbonyl (C=O) groups is 1. The van der Waals surface area contributed by atoms with Crippen LogP contribution in [0.5, 0.6) is 0 Å². The lowest BCUT2D eigenvalue weighted by Gasteiger charge is -2.01. The number of anilines is 1. The van der Waals surface area contributed by atoms with Gasteiger partial charge in [0.2, 0.25) is 0 Å².